The van der Waals surface area contributed by atoms with E-state index in [1.165, 1.54) is 30.4 Å². The van der Waals surface area contributed by atoms with Gasteiger partial charge in [-0.25, -0.2) is 4.98 Å². The summed E-state index contributed by atoms with van der Waals surface area (Å²) in [5.74, 6) is 0.827. The first-order chi connectivity index (χ1) is 15.7. The third-order valence-corrected chi connectivity index (χ3v) is 6.97. The molecule has 1 saturated carbocycles. The molecule has 2 atom stereocenters. The second-order valence-electron chi connectivity index (χ2n) is 9.36. The van der Waals surface area contributed by atoms with Crippen LogP contribution in [0.4, 0.5) is 5.82 Å². The largest absolute Gasteiger partial charge is 0.480 e. The number of carboxylic acids is 1. The molecule has 1 aromatic heterocycles. The minimum Gasteiger partial charge on any atom is -0.480 e. The van der Waals surface area contributed by atoms with Crippen molar-refractivity contribution >= 4 is 11.8 Å². The predicted molar refractivity (Wildman–Crippen MR) is 124 cm³/mol. The molecule has 170 valence electrons. The molecule has 2 aliphatic heterocycles. The lowest BCUT2D eigenvalue weighted by molar-refractivity contribution is -0.143. The van der Waals surface area contributed by atoms with E-state index >= 15 is 0 Å². The van der Waals surface area contributed by atoms with E-state index in [0.717, 1.165) is 55.8 Å². The van der Waals surface area contributed by atoms with Crippen LogP contribution in [0.25, 0.3) is 0 Å². The summed E-state index contributed by atoms with van der Waals surface area (Å²) in [4.78, 5) is 19.1. The van der Waals surface area contributed by atoms with Crippen molar-refractivity contribution in [3.8, 4) is 0 Å². The Morgan fingerprint density at radius 3 is 2.94 bits per heavy atom. The second kappa shape index (κ2) is 9.59. The fourth-order valence-corrected chi connectivity index (χ4v) is 5.15. The van der Waals surface area contributed by atoms with Crippen LogP contribution in [0, 0.1) is 0 Å². The van der Waals surface area contributed by atoms with Crippen molar-refractivity contribution in [2.45, 2.75) is 63.0 Å². The monoisotopic (exact) mass is 435 g/mol. The molecule has 0 spiro atoms. The van der Waals surface area contributed by atoms with E-state index in [1.807, 2.05) is 18.2 Å². The van der Waals surface area contributed by atoms with Gasteiger partial charge in [0.15, 0.2) is 0 Å². The molecule has 5 rings (SSSR count). The number of hydrogen-bond donors (Lipinski definition) is 2. The van der Waals surface area contributed by atoms with Gasteiger partial charge in [-0.1, -0.05) is 30.3 Å². The quantitative estimate of drug-likeness (QED) is 0.576. The summed E-state index contributed by atoms with van der Waals surface area (Å²) in [6.45, 7) is 3.13. The van der Waals surface area contributed by atoms with E-state index < -0.39 is 12.0 Å². The van der Waals surface area contributed by atoms with Gasteiger partial charge in [-0.3, -0.25) is 9.69 Å². The molecule has 6 nitrogen and oxygen atoms in total. The van der Waals surface area contributed by atoms with Gasteiger partial charge < -0.3 is 15.2 Å². The number of carbonyl (C=O) groups is 1. The van der Waals surface area contributed by atoms with Gasteiger partial charge in [0, 0.05) is 31.9 Å². The van der Waals surface area contributed by atoms with E-state index in [0.29, 0.717) is 19.1 Å². The maximum Gasteiger partial charge on any atom is 0.325 e. The summed E-state index contributed by atoms with van der Waals surface area (Å²) in [5, 5.41) is 13.4. The Kier molecular flexibility index (Phi) is 6.42. The Balaban J connectivity index is 1.13. The van der Waals surface area contributed by atoms with Crippen LogP contribution >= 0.6 is 0 Å². The highest BCUT2D eigenvalue weighted by Gasteiger charge is 2.37. The molecular formula is C26H33N3O3. The van der Waals surface area contributed by atoms with Gasteiger partial charge in [-0.2, -0.15) is 0 Å². The van der Waals surface area contributed by atoms with Crippen LogP contribution in [-0.2, 0) is 22.4 Å². The average Bonchev–Trinajstić information content (AvgIpc) is 3.56. The fourth-order valence-electron chi connectivity index (χ4n) is 5.15. The second-order valence-corrected chi connectivity index (χ2v) is 9.36. The Bertz CT molecular complexity index is 959. The minimum absolute atomic E-state index is 0.100. The van der Waals surface area contributed by atoms with Gasteiger partial charge in [0.05, 0.1) is 6.10 Å². The van der Waals surface area contributed by atoms with Crippen LogP contribution in [-0.4, -0.2) is 53.3 Å². The smallest absolute Gasteiger partial charge is 0.325 e. The van der Waals surface area contributed by atoms with Crippen LogP contribution in [0.3, 0.4) is 0 Å². The highest BCUT2D eigenvalue weighted by atomic mass is 16.5. The standard InChI is InChI=1S/C26H33N3O3/c30-26(31)24(23-8-2-1-7-22(23)18-9-10-18)29-15-13-21(17-29)32-16-4-6-20-12-11-19-5-3-14-27-25(19)28-20/h1-2,7-8,11-12,18,21,24H,3-6,9-10,13-17H2,(H,27,28)(H,30,31)/t21-,24+/m1/s1. The van der Waals surface area contributed by atoms with Gasteiger partial charge in [0.2, 0.25) is 0 Å². The molecule has 2 N–H and O–H groups in total. The molecule has 0 unspecified atom stereocenters. The first-order valence-corrected chi connectivity index (χ1v) is 12.1. The van der Waals surface area contributed by atoms with Crippen LogP contribution in [0.15, 0.2) is 36.4 Å². The maximum atomic E-state index is 12.2. The molecule has 0 bridgehead atoms. The summed E-state index contributed by atoms with van der Waals surface area (Å²) < 4.78 is 6.15. The van der Waals surface area contributed by atoms with E-state index in [2.05, 4.69) is 28.4 Å². The lowest BCUT2D eigenvalue weighted by Gasteiger charge is -2.26. The first-order valence-electron chi connectivity index (χ1n) is 12.1. The van der Waals surface area contributed by atoms with Gasteiger partial charge in [-0.05, 0) is 73.6 Å². The zero-order valence-corrected chi connectivity index (χ0v) is 18.6. The molecule has 2 fully saturated rings. The summed E-state index contributed by atoms with van der Waals surface area (Å²) >= 11 is 0. The Morgan fingerprint density at radius 2 is 2.09 bits per heavy atom. The molecule has 1 saturated heterocycles. The number of nitrogens with zero attached hydrogens (tertiary/aromatic N) is 2. The molecule has 2 aromatic rings. The summed E-state index contributed by atoms with van der Waals surface area (Å²) in [6.07, 6.45) is 7.44. The lowest BCUT2D eigenvalue weighted by atomic mass is 9.96. The summed E-state index contributed by atoms with van der Waals surface area (Å²) in [7, 11) is 0. The number of likely N-dealkylation sites (tertiary alicyclic amines) is 1. The van der Waals surface area contributed by atoms with E-state index in [9.17, 15) is 9.90 Å². The Morgan fingerprint density at radius 1 is 1.22 bits per heavy atom. The third kappa shape index (κ3) is 4.81. The van der Waals surface area contributed by atoms with Crippen LogP contribution in [0.2, 0.25) is 0 Å². The van der Waals surface area contributed by atoms with E-state index in [1.54, 1.807) is 0 Å². The number of aliphatic carboxylic acids is 1. The number of carboxylic acid groups (broad SMARTS) is 1. The van der Waals surface area contributed by atoms with Crippen LogP contribution in [0.1, 0.15) is 66.4 Å². The first kappa shape index (κ1) is 21.4. The average molecular weight is 436 g/mol. The van der Waals surface area contributed by atoms with Gasteiger partial charge in [-0.15, -0.1) is 0 Å². The SMILES string of the molecule is O=C(O)[C@H](c1ccccc1C1CC1)N1CC[C@@H](OCCCc2ccc3c(n2)NCCC3)C1. The van der Waals surface area contributed by atoms with Crippen molar-refractivity contribution in [3.05, 3.63) is 58.8 Å². The van der Waals surface area contributed by atoms with Crippen molar-refractivity contribution in [2.24, 2.45) is 0 Å². The van der Waals surface area contributed by atoms with Crippen molar-refractivity contribution in [2.75, 3.05) is 31.6 Å². The molecule has 0 radical (unpaired) electrons. The molecule has 1 aromatic carbocycles. The number of ether oxygens (including phenoxy) is 1. The van der Waals surface area contributed by atoms with Crippen molar-refractivity contribution < 1.29 is 14.6 Å². The van der Waals surface area contributed by atoms with Crippen molar-refractivity contribution in [1.82, 2.24) is 9.88 Å². The number of aryl methyl sites for hydroxylation is 2. The number of nitrogens with one attached hydrogen (secondary N) is 1. The van der Waals surface area contributed by atoms with E-state index in [-0.39, 0.29) is 6.10 Å². The molecule has 0 amide bonds. The van der Waals surface area contributed by atoms with Crippen molar-refractivity contribution in [1.29, 1.82) is 0 Å². The van der Waals surface area contributed by atoms with E-state index in [4.69, 9.17) is 9.72 Å². The zero-order chi connectivity index (χ0) is 21.9. The number of aromatic nitrogens is 1. The molecule has 1 aliphatic carbocycles. The topological polar surface area (TPSA) is 74.7 Å². The van der Waals surface area contributed by atoms with Gasteiger partial charge >= 0.3 is 5.97 Å². The predicted octanol–water partition coefficient (Wildman–Crippen LogP) is 4.17. The maximum absolute atomic E-state index is 12.2. The van der Waals surface area contributed by atoms with Crippen LogP contribution < -0.4 is 5.32 Å². The summed E-state index contributed by atoms with van der Waals surface area (Å²) in [6, 6.07) is 11.9. The Labute approximate surface area is 190 Å². The Hall–Kier alpha value is -2.44. The molecule has 3 heterocycles. The normalized spacial score (nSPS) is 21.7. The number of fused-ring (bicyclic) bond motifs is 1. The number of benzene rings is 1. The molecule has 6 heteroatoms. The highest BCUT2D eigenvalue weighted by molar-refractivity contribution is 5.76. The van der Waals surface area contributed by atoms with Crippen LogP contribution in [0.5, 0.6) is 0 Å². The number of rotatable bonds is 9. The summed E-state index contributed by atoms with van der Waals surface area (Å²) in [5.41, 5.74) is 4.61. The number of hydrogen-bond acceptors (Lipinski definition) is 5. The van der Waals surface area contributed by atoms with Gasteiger partial charge in [0.1, 0.15) is 11.9 Å². The fraction of sp³-hybridized carbons (Fsp3) is 0.538. The highest BCUT2D eigenvalue weighted by Crippen LogP contribution is 2.44. The zero-order valence-electron chi connectivity index (χ0n) is 18.6. The molecule has 32 heavy (non-hydrogen) atoms. The molecular weight excluding hydrogens is 402 g/mol. The lowest BCUT2D eigenvalue weighted by Crippen LogP contribution is -2.34. The number of pyridine rings is 1. The molecule has 3 aliphatic rings. The minimum atomic E-state index is -0.758. The number of anilines is 1. The van der Waals surface area contributed by atoms with Crippen molar-refractivity contribution in [3.63, 3.8) is 0 Å². The van der Waals surface area contributed by atoms with Gasteiger partial charge in [0.25, 0.3) is 0 Å². The third-order valence-electron chi connectivity index (χ3n) is 6.97.